The van der Waals surface area contributed by atoms with E-state index in [4.69, 9.17) is 11.6 Å². The molecule has 2 aromatic rings. The quantitative estimate of drug-likeness (QED) is 0.790. The third-order valence-corrected chi connectivity index (χ3v) is 3.66. The van der Waals surface area contributed by atoms with Gasteiger partial charge >= 0.3 is 0 Å². The Morgan fingerprint density at radius 2 is 2.06 bits per heavy atom. The average Bonchev–Trinajstić information content (AvgIpc) is 3.09. The van der Waals surface area contributed by atoms with Crippen molar-refractivity contribution in [2.75, 3.05) is 0 Å². The molecule has 94 valence electrons. The highest BCUT2D eigenvalue weighted by Gasteiger charge is 2.29. The van der Waals surface area contributed by atoms with Crippen LogP contribution in [0.1, 0.15) is 35.8 Å². The second kappa shape index (κ2) is 4.39. The van der Waals surface area contributed by atoms with Crippen molar-refractivity contribution in [1.82, 2.24) is 14.8 Å². The summed E-state index contributed by atoms with van der Waals surface area (Å²) in [7, 11) is 0. The summed E-state index contributed by atoms with van der Waals surface area (Å²) in [6.45, 7) is 4.22. The maximum absolute atomic E-state index is 5.95. The number of rotatable bonds is 3. The molecule has 1 aliphatic carbocycles. The SMILES string of the molecule is Cc1ccc(-c2nnc(CCl)n2C2CC2)c(C)c1. The van der Waals surface area contributed by atoms with Crippen LogP contribution in [0.25, 0.3) is 11.4 Å². The van der Waals surface area contributed by atoms with E-state index in [-0.39, 0.29) is 0 Å². The first-order valence-corrected chi connectivity index (χ1v) is 6.81. The molecular formula is C14H16ClN3. The van der Waals surface area contributed by atoms with E-state index in [1.165, 1.54) is 24.0 Å². The van der Waals surface area contributed by atoms with Crippen LogP contribution in [0.15, 0.2) is 18.2 Å². The second-order valence-electron chi connectivity index (χ2n) is 4.99. The van der Waals surface area contributed by atoms with Gasteiger partial charge in [0.15, 0.2) is 5.82 Å². The zero-order valence-electron chi connectivity index (χ0n) is 10.7. The first-order valence-electron chi connectivity index (χ1n) is 6.28. The maximum Gasteiger partial charge on any atom is 0.164 e. The highest BCUT2D eigenvalue weighted by molar-refractivity contribution is 6.16. The molecule has 0 bridgehead atoms. The lowest BCUT2D eigenvalue weighted by Crippen LogP contribution is -2.02. The summed E-state index contributed by atoms with van der Waals surface area (Å²) in [6, 6.07) is 6.98. The molecule has 0 amide bonds. The predicted octanol–water partition coefficient (Wildman–Crippen LogP) is 3.64. The van der Waals surface area contributed by atoms with Crippen LogP contribution in [0.3, 0.4) is 0 Å². The van der Waals surface area contributed by atoms with Gasteiger partial charge in [-0.05, 0) is 32.3 Å². The van der Waals surface area contributed by atoms with E-state index in [0.29, 0.717) is 11.9 Å². The summed E-state index contributed by atoms with van der Waals surface area (Å²) in [6.07, 6.45) is 2.42. The molecule has 0 atom stereocenters. The van der Waals surface area contributed by atoms with Crippen molar-refractivity contribution in [2.45, 2.75) is 38.6 Å². The molecule has 1 fully saturated rings. The van der Waals surface area contributed by atoms with Gasteiger partial charge in [0.2, 0.25) is 0 Å². The van der Waals surface area contributed by atoms with Crippen LogP contribution in [0.2, 0.25) is 0 Å². The standard InChI is InChI=1S/C14H16ClN3/c1-9-3-6-12(10(2)7-9)14-17-16-13(8-15)18(14)11-4-5-11/h3,6-7,11H,4-5,8H2,1-2H3. The van der Waals surface area contributed by atoms with E-state index >= 15 is 0 Å². The minimum absolute atomic E-state index is 0.425. The fourth-order valence-corrected chi connectivity index (χ4v) is 2.56. The average molecular weight is 262 g/mol. The first kappa shape index (κ1) is 11.7. The van der Waals surface area contributed by atoms with Crippen LogP contribution >= 0.6 is 11.6 Å². The van der Waals surface area contributed by atoms with E-state index in [2.05, 4.69) is 46.8 Å². The fourth-order valence-electron chi connectivity index (χ4n) is 2.38. The van der Waals surface area contributed by atoms with E-state index in [9.17, 15) is 0 Å². The third kappa shape index (κ3) is 1.93. The molecule has 4 heteroatoms. The molecule has 3 rings (SSSR count). The normalized spacial score (nSPS) is 15.1. The zero-order valence-corrected chi connectivity index (χ0v) is 11.4. The van der Waals surface area contributed by atoms with Gasteiger partial charge in [-0.1, -0.05) is 23.8 Å². The van der Waals surface area contributed by atoms with Crippen molar-refractivity contribution in [3.05, 3.63) is 35.2 Å². The van der Waals surface area contributed by atoms with Crippen LogP contribution in [0, 0.1) is 13.8 Å². The number of halogens is 1. The Labute approximate surface area is 112 Å². The molecule has 0 spiro atoms. The summed E-state index contributed by atoms with van der Waals surface area (Å²) >= 11 is 5.95. The summed E-state index contributed by atoms with van der Waals surface area (Å²) in [5.41, 5.74) is 3.67. The predicted molar refractivity (Wildman–Crippen MR) is 72.8 cm³/mol. The smallest absolute Gasteiger partial charge is 0.164 e. The van der Waals surface area contributed by atoms with Crippen molar-refractivity contribution in [3.63, 3.8) is 0 Å². The van der Waals surface area contributed by atoms with Gasteiger partial charge in [-0.2, -0.15) is 0 Å². The fraction of sp³-hybridized carbons (Fsp3) is 0.429. The van der Waals surface area contributed by atoms with Gasteiger partial charge in [-0.25, -0.2) is 0 Å². The molecular weight excluding hydrogens is 246 g/mol. The number of alkyl halides is 1. The van der Waals surface area contributed by atoms with Crippen LogP contribution in [0.5, 0.6) is 0 Å². The van der Waals surface area contributed by atoms with Gasteiger partial charge in [0.25, 0.3) is 0 Å². The van der Waals surface area contributed by atoms with Crippen molar-refractivity contribution in [1.29, 1.82) is 0 Å². The number of hydrogen-bond acceptors (Lipinski definition) is 2. The van der Waals surface area contributed by atoms with Crippen molar-refractivity contribution >= 4 is 11.6 Å². The lowest BCUT2D eigenvalue weighted by Gasteiger charge is -2.10. The molecule has 1 heterocycles. The Balaban J connectivity index is 2.13. The van der Waals surface area contributed by atoms with Crippen LogP contribution < -0.4 is 0 Å². The van der Waals surface area contributed by atoms with Crippen molar-refractivity contribution < 1.29 is 0 Å². The Morgan fingerprint density at radius 1 is 1.28 bits per heavy atom. The molecule has 0 aliphatic heterocycles. The Bertz CT molecular complexity index is 585. The summed E-state index contributed by atoms with van der Waals surface area (Å²) in [5, 5.41) is 8.55. The lowest BCUT2D eigenvalue weighted by atomic mass is 10.1. The van der Waals surface area contributed by atoms with Crippen molar-refractivity contribution in [3.8, 4) is 11.4 Å². The van der Waals surface area contributed by atoms with Gasteiger partial charge in [-0.3, -0.25) is 0 Å². The summed E-state index contributed by atoms with van der Waals surface area (Å²) in [4.78, 5) is 0. The van der Waals surface area contributed by atoms with Gasteiger partial charge in [0.1, 0.15) is 5.82 Å². The zero-order chi connectivity index (χ0) is 12.7. The minimum atomic E-state index is 0.425. The molecule has 0 radical (unpaired) electrons. The van der Waals surface area contributed by atoms with Gasteiger partial charge < -0.3 is 4.57 Å². The Hall–Kier alpha value is -1.35. The van der Waals surface area contributed by atoms with E-state index in [0.717, 1.165) is 17.2 Å². The molecule has 0 N–H and O–H groups in total. The van der Waals surface area contributed by atoms with E-state index < -0.39 is 0 Å². The Morgan fingerprint density at radius 3 is 2.67 bits per heavy atom. The third-order valence-electron chi connectivity index (χ3n) is 3.42. The summed E-state index contributed by atoms with van der Waals surface area (Å²) < 4.78 is 2.21. The highest BCUT2D eigenvalue weighted by atomic mass is 35.5. The van der Waals surface area contributed by atoms with Crippen molar-refractivity contribution in [2.24, 2.45) is 0 Å². The van der Waals surface area contributed by atoms with Crippen LogP contribution in [-0.4, -0.2) is 14.8 Å². The Kier molecular flexibility index (Phi) is 2.86. The maximum atomic E-state index is 5.95. The number of benzene rings is 1. The molecule has 1 aliphatic rings. The number of aryl methyl sites for hydroxylation is 2. The molecule has 0 unspecified atom stereocenters. The van der Waals surface area contributed by atoms with Gasteiger partial charge in [-0.15, -0.1) is 21.8 Å². The summed E-state index contributed by atoms with van der Waals surface area (Å²) in [5.74, 6) is 2.27. The largest absolute Gasteiger partial charge is 0.307 e. The molecule has 1 saturated carbocycles. The molecule has 0 saturated heterocycles. The monoisotopic (exact) mass is 261 g/mol. The molecule has 18 heavy (non-hydrogen) atoms. The van der Waals surface area contributed by atoms with Gasteiger partial charge in [0.05, 0.1) is 5.88 Å². The topological polar surface area (TPSA) is 30.7 Å². The molecule has 3 nitrogen and oxygen atoms in total. The highest BCUT2D eigenvalue weighted by Crippen LogP contribution is 2.39. The molecule has 1 aromatic carbocycles. The number of nitrogens with zero attached hydrogens (tertiary/aromatic N) is 3. The van der Waals surface area contributed by atoms with E-state index in [1.807, 2.05) is 0 Å². The first-order chi connectivity index (χ1) is 8.70. The lowest BCUT2D eigenvalue weighted by molar-refractivity contribution is 0.711. The second-order valence-corrected chi connectivity index (χ2v) is 5.26. The van der Waals surface area contributed by atoms with Crippen LogP contribution in [-0.2, 0) is 5.88 Å². The van der Waals surface area contributed by atoms with Gasteiger partial charge in [0, 0.05) is 11.6 Å². The number of hydrogen-bond donors (Lipinski definition) is 0. The number of aromatic nitrogens is 3. The van der Waals surface area contributed by atoms with E-state index in [1.54, 1.807) is 0 Å². The minimum Gasteiger partial charge on any atom is -0.307 e. The van der Waals surface area contributed by atoms with Crippen LogP contribution in [0.4, 0.5) is 0 Å². The molecule has 1 aromatic heterocycles.